The van der Waals surface area contributed by atoms with Gasteiger partial charge in [-0.1, -0.05) is 17.7 Å². The minimum Gasteiger partial charge on any atom is -0.493 e. The highest BCUT2D eigenvalue weighted by Gasteiger charge is 2.39. The standard InChI is InChI=1S/C17H17ClN2O4S/c1-17(2)11-9-10(7-8-13(11)19-16(17)21)25(22,23)20-14-6-4-5-12(18)15(14)24-3/h4-9,20H,1-3H3,(H,19,21). The Morgan fingerprint density at radius 2 is 1.92 bits per heavy atom. The third-order valence-electron chi connectivity index (χ3n) is 4.21. The summed E-state index contributed by atoms with van der Waals surface area (Å²) in [6.45, 7) is 3.50. The summed E-state index contributed by atoms with van der Waals surface area (Å²) in [5.41, 5.74) is 0.700. The second-order valence-electron chi connectivity index (χ2n) is 6.21. The normalized spacial score (nSPS) is 15.4. The number of hydrogen-bond donors (Lipinski definition) is 2. The molecule has 1 aliphatic rings. The van der Waals surface area contributed by atoms with E-state index in [1.165, 1.54) is 19.2 Å². The van der Waals surface area contributed by atoms with Gasteiger partial charge in [0, 0.05) is 5.69 Å². The lowest BCUT2D eigenvalue weighted by atomic mass is 9.86. The minimum absolute atomic E-state index is 0.0536. The van der Waals surface area contributed by atoms with Gasteiger partial charge in [-0.2, -0.15) is 0 Å². The van der Waals surface area contributed by atoms with E-state index in [4.69, 9.17) is 16.3 Å². The highest BCUT2D eigenvalue weighted by molar-refractivity contribution is 7.92. The van der Waals surface area contributed by atoms with Crippen LogP contribution in [-0.2, 0) is 20.2 Å². The number of sulfonamides is 1. The van der Waals surface area contributed by atoms with Crippen molar-refractivity contribution in [3.05, 3.63) is 47.0 Å². The maximum atomic E-state index is 12.8. The summed E-state index contributed by atoms with van der Waals surface area (Å²) in [5.74, 6) is 0.0765. The lowest BCUT2D eigenvalue weighted by molar-refractivity contribution is -0.119. The molecule has 0 aliphatic carbocycles. The van der Waals surface area contributed by atoms with E-state index in [9.17, 15) is 13.2 Å². The summed E-state index contributed by atoms with van der Waals surface area (Å²) in [4.78, 5) is 12.1. The number of nitrogens with one attached hydrogen (secondary N) is 2. The molecule has 6 nitrogen and oxygen atoms in total. The zero-order valence-electron chi connectivity index (χ0n) is 13.9. The average molecular weight is 381 g/mol. The smallest absolute Gasteiger partial charge is 0.262 e. The first-order valence-electron chi connectivity index (χ1n) is 7.48. The van der Waals surface area contributed by atoms with Crippen LogP contribution in [0.4, 0.5) is 11.4 Å². The zero-order chi connectivity index (χ0) is 18.4. The first kappa shape index (κ1) is 17.6. The summed E-state index contributed by atoms with van der Waals surface area (Å²) in [6, 6.07) is 9.33. The number of anilines is 2. The van der Waals surface area contributed by atoms with Crippen molar-refractivity contribution in [1.82, 2.24) is 0 Å². The van der Waals surface area contributed by atoms with Gasteiger partial charge in [-0.15, -0.1) is 0 Å². The van der Waals surface area contributed by atoms with E-state index in [1.807, 2.05) is 0 Å². The van der Waals surface area contributed by atoms with Gasteiger partial charge in [0.15, 0.2) is 5.75 Å². The van der Waals surface area contributed by atoms with E-state index < -0.39 is 15.4 Å². The fraction of sp³-hybridized carbons (Fsp3) is 0.235. The number of carbonyl (C=O) groups excluding carboxylic acids is 1. The number of para-hydroxylation sites is 1. The molecule has 132 valence electrons. The summed E-state index contributed by atoms with van der Waals surface area (Å²) in [5, 5.41) is 3.05. The van der Waals surface area contributed by atoms with Gasteiger partial charge in [0.1, 0.15) is 0 Å². The molecule has 0 fully saturated rings. The van der Waals surface area contributed by atoms with E-state index in [0.29, 0.717) is 16.3 Å². The van der Waals surface area contributed by atoms with Gasteiger partial charge >= 0.3 is 0 Å². The van der Waals surface area contributed by atoms with Crippen LogP contribution in [0.15, 0.2) is 41.3 Å². The monoisotopic (exact) mass is 380 g/mol. The third kappa shape index (κ3) is 2.94. The van der Waals surface area contributed by atoms with Gasteiger partial charge in [-0.05, 0) is 49.7 Å². The van der Waals surface area contributed by atoms with Crippen LogP contribution in [0.5, 0.6) is 5.75 Å². The van der Waals surface area contributed by atoms with Crippen molar-refractivity contribution in [3.63, 3.8) is 0 Å². The Labute approximate surface area is 151 Å². The molecule has 0 aromatic heterocycles. The van der Waals surface area contributed by atoms with E-state index in [0.717, 1.165) is 0 Å². The topological polar surface area (TPSA) is 84.5 Å². The van der Waals surface area contributed by atoms with E-state index in [1.54, 1.807) is 38.1 Å². The molecule has 2 aromatic rings. The molecule has 0 unspecified atom stereocenters. The van der Waals surface area contributed by atoms with Gasteiger partial charge in [0.05, 0.1) is 28.1 Å². The van der Waals surface area contributed by atoms with E-state index in [2.05, 4.69) is 10.0 Å². The number of rotatable bonds is 4. The molecule has 1 heterocycles. The molecule has 0 spiro atoms. The zero-order valence-corrected chi connectivity index (χ0v) is 15.5. The highest BCUT2D eigenvalue weighted by atomic mass is 35.5. The lowest BCUT2D eigenvalue weighted by Crippen LogP contribution is -2.27. The number of benzene rings is 2. The number of methoxy groups -OCH3 is 1. The molecule has 2 N–H and O–H groups in total. The van der Waals surface area contributed by atoms with Crippen LogP contribution in [0.1, 0.15) is 19.4 Å². The second-order valence-corrected chi connectivity index (χ2v) is 8.30. The van der Waals surface area contributed by atoms with Crippen LogP contribution >= 0.6 is 11.6 Å². The average Bonchev–Trinajstić information content (AvgIpc) is 2.76. The van der Waals surface area contributed by atoms with Crippen molar-refractivity contribution in [2.24, 2.45) is 0 Å². The molecule has 1 amide bonds. The van der Waals surface area contributed by atoms with Crippen molar-refractivity contribution in [2.75, 3.05) is 17.1 Å². The molecule has 2 aromatic carbocycles. The predicted molar refractivity (Wildman–Crippen MR) is 96.9 cm³/mol. The molecule has 0 saturated heterocycles. The number of ether oxygens (including phenoxy) is 1. The van der Waals surface area contributed by atoms with Gasteiger partial charge < -0.3 is 10.1 Å². The van der Waals surface area contributed by atoms with Crippen LogP contribution in [0.2, 0.25) is 5.02 Å². The highest BCUT2D eigenvalue weighted by Crippen LogP contribution is 2.39. The Hall–Kier alpha value is -2.25. The molecule has 0 saturated carbocycles. The van der Waals surface area contributed by atoms with Crippen molar-refractivity contribution in [1.29, 1.82) is 0 Å². The Bertz CT molecular complexity index is 971. The number of carbonyl (C=O) groups is 1. The largest absolute Gasteiger partial charge is 0.493 e. The van der Waals surface area contributed by atoms with Crippen LogP contribution < -0.4 is 14.8 Å². The van der Waals surface area contributed by atoms with Gasteiger partial charge in [-0.3, -0.25) is 9.52 Å². The summed E-state index contributed by atoms with van der Waals surface area (Å²) in [7, 11) is -2.47. The molecule has 8 heteroatoms. The third-order valence-corrected chi connectivity index (χ3v) is 5.87. The fourth-order valence-corrected chi connectivity index (χ4v) is 4.06. The molecule has 0 radical (unpaired) electrons. The number of amides is 1. The number of halogens is 1. The maximum absolute atomic E-state index is 12.8. The Morgan fingerprint density at radius 3 is 2.60 bits per heavy atom. The Balaban J connectivity index is 2.02. The Morgan fingerprint density at radius 1 is 1.20 bits per heavy atom. The van der Waals surface area contributed by atoms with Crippen molar-refractivity contribution in [3.8, 4) is 5.75 Å². The van der Waals surface area contributed by atoms with Crippen LogP contribution in [0.3, 0.4) is 0 Å². The molecular weight excluding hydrogens is 364 g/mol. The SMILES string of the molecule is COc1c(Cl)cccc1NS(=O)(=O)c1ccc2c(c1)C(C)(C)C(=O)N2. The number of fused-ring (bicyclic) bond motifs is 1. The molecule has 3 rings (SSSR count). The molecular formula is C17H17ClN2O4S. The van der Waals surface area contributed by atoms with Gasteiger partial charge in [-0.25, -0.2) is 8.42 Å². The molecule has 1 aliphatic heterocycles. The molecule has 0 bridgehead atoms. The van der Waals surface area contributed by atoms with Gasteiger partial charge in [0.25, 0.3) is 10.0 Å². The van der Waals surface area contributed by atoms with Crippen LogP contribution in [0.25, 0.3) is 0 Å². The second kappa shape index (κ2) is 5.93. The van der Waals surface area contributed by atoms with Crippen molar-refractivity contribution in [2.45, 2.75) is 24.2 Å². The van der Waals surface area contributed by atoms with Crippen molar-refractivity contribution < 1.29 is 17.9 Å². The first-order valence-corrected chi connectivity index (χ1v) is 9.34. The predicted octanol–water partition coefficient (Wildman–Crippen LogP) is 3.38. The fourth-order valence-electron chi connectivity index (χ4n) is 2.72. The van der Waals surface area contributed by atoms with Crippen LogP contribution in [-0.4, -0.2) is 21.4 Å². The lowest BCUT2D eigenvalue weighted by Gasteiger charge is -2.17. The Kier molecular flexibility index (Phi) is 4.17. The summed E-state index contributed by atoms with van der Waals surface area (Å²) >= 11 is 6.03. The number of hydrogen-bond acceptors (Lipinski definition) is 4. The first-order chi connectivity index (χ1) is 11.7. The van der Waals surface area contributed by atoms with E-state index >= 15 is 0 Å². The molecule has 25 heavy (non-hydrogen) atoms. The quantitative estimate of drug-likeness (QED) is 0.851. The summed E-state index contributed by atoms with van der Waals surface area (Å²) in [6.07, 6.45) is 0. The molecule has 0 atom stereocenters. The van der Waals surface area contributed by atoms with Crippen molar-refractivity contribution >= 4 is 38.9 Å². The van der Waals surface area contributed by atoms with Crippen LogP contribution in [0, 0.1) is 0 Å². The minimum atomic E-state index is -3.88. The maximum Gasteiger partial charge on any atom is 0.262 e. The summed E-state index contributed by atoms with van der Waals surface area (Å²) < 4.78 is 33.2. The van der Waals surface area contributed by atoms with Gasteiger partial charge in [0.2, 0.25) is 5.91 Å². The van der Waals surface area contributed by atoms with E-state index in [-0.39, 0.29) is 22.2 Å².